The minimum Gasteiger partial charge on any atom is -0.457 e. The molecule has 138 valence electrons. The molecule has 3 rings (SSSR count). The maximum Gasteiger partial charge on any atom is 0.163 e. The van der Waals surface area contributed by atoms with Gasteiger partial charge in [-0.2, -0.15) is 0 Å². The number of allylic oxidation sites excluding steroid dienone is 1. The van der Waals surface area contributed by atoms with Crippen LogP contribution in [0.25, 0.3) is 0 Å². The molecular formula is C21H23ClO3S. The maximum atomic E-state index is 13.1. The summed E-state index contributed by atoms with van der Waals surface area (Å²) in [6.07, 6.45) is 4.39. The Hall–Kier alpha value is -1.78. The molecule has 26 heavy (non-hydrogen) atoms. The first kappa shape index (κ1) is 19.0. The molecule has 0 bridgehead atoms. The fraction of sp³-hybridized carbons (Fsp3) is 0.333. The second-order valence-corrected chi connectivity index (χ2v) is 9.93. The summed E-state index contributed by atoms with van der Waals surface area (Å²) in [4.78, 5) is 0. The lowest BCUT2D eigenvalue weighted by atomic mass is 9.88. The van der Waals surface area contributed by atoms with Crippen LogP contribution >= 0.6 is 11.6 Å². The zero-order valence-electron chi connectivity index (χ0n) is 14.8. The van der Waals surface area contributed by atoms with Gasteiger partial charge in [-0.25, -0.2) is 8.42 Å². The fourth-order valence-corrected chi connectivity index (χ4v) is 6.32. The standard InChI is InChI=1S/C21H23ClO3S/c1-3-14-21(15-4-5-16(2)26(21,23)24)17-6-10-19(11-7-17)25-20-12-8-18(22)9-13-20/h3,6-13,16H,1,4-5,14-15H2,2H3. The van der Waals surface area contributed by atoms with Gasteiger partial charge < -0.3 is 4.74 Å². The Kier molecular flexibility index (Phi) is 5.44. The van der Waals surface area contributed by atoms with E-state index in [9.17, 15) is 8.42 Å². The maximum absolute atomic E-state index is 13.1. The van der Waals surface area contributed by atoms with Crippen LogP contribution in [0.5, 0.6) is 11.5 Å². The summed E-state index contributed by atoms with van der Waals surface area (Å²) in [6, 6.07) is 14.5. The summed E-state index contributed by atoms with van der Waals surface area (Å²) < 4.78 is 31.2. The van der Waals surface area contributed by atoms with Gasteiger partial charge in [-0.1, -0.05) is 36.2 Å². The molecule has 3 nitrogen and oxygen atoms in total. The van der Waals surface area contributed by atoms with Crippen molar-refractivity contribution in [3.63, 3.8) is 0 Å². The normalized spacial score (nSPS) is 24.8. The largest absolute Gasteiger partial charge is 0.457 e. The highest BCUT2D eigenvalue weighted by Crippen LogP contribution is 2.46. The van der Waals surface area contributed by atoms with E-state index in [0.717, 1.165) is 18.4 Å². The number of rotatable bonds is 5. The first-order chi connectivity index (χ1) is 12.4. The SMILES string of the molecule is C=CCC1(c2ccc(Oc3ccc(Cl)cc3)cc2)CCCC(C)S1(=O)=O. The highest BCUT2D eigenvalue weighted by atomic mass is 35.5. The van der Waals surface area contributed by atoms with Crippen molar-refractivity contribution in [2.24, 2.45) is 0 Å². The second kappa shape index (κ2) is 7.45. The van der Waals surface area contributed by atoms with Crippen LogP contribution in [-0.2, 0) is 14.6 Å². The Morgan fingerprint density at radius 2 is 1.73 bits per heavy atom. The van der Waals surface area contributed by atoms with Gasteiger partial charge in [-0.05, 0) is 68.1 Å². The number of hydrogen-bond donors (Lipinski definition) is 0. The van der Waals surface area contributed by atoms with E-state index in [1.807, 2.05) is 31.2 Å². The molecule has 0 radical (unpaired) electrons. The molecule has 0 aromatic heterocycles. The van der Waals surface area contributed by atoms with Crippen LogP contribution in [0.15, 0.2) is 61.2 Å². The van der Waals surface area contributed by atoms with Gasteiger partial charge in [0.1, 0.15) is 16.2 Å². The first-order valence-electron chi connectivity index (χ1n) is 8.77. The predicted octanol–water partition coefficient (Wildman–Crippen LogP) is 5.89. The topological polar surface area (TPSA) is 43.4 Å². The zero-order valence-corrected chi connectivity index (χ0v) is 16.4. The van der Waals surface area contributed by atoms with Gasteiger partial charge in [0.2, 0.25) is 0 Å². The van der Waals surface area contributed by atoms with Crippen LogP contribution in [0.3, 0.4) is 0 Å². The van der Waals surface area contributed by atoms with Crippen molar-refractivity contribution in [1.82, 2.24) is 0 Å². The molecule has 2 aromatic carbocycles. The Labute approximate surface area is 160 Å². The molecule has 2 atom stereocenters. The minimum atomic E-state index is -3.28. The van der Waals surface area contributed by atoms with E-state index >= 15 is 0 Å². The average Bonchev–Trinajstić information content (AvgIpc) is 2.62. The molecular weight excluding hydrogens is 368 g/mol. The zero-order chi connectivity index (χ0) is 18.8. The lowest BCUT2D eigenvalue weighted by Gasteiger charge is -2.39. The lowest BCUT2D eigenvalue weighted by molar-refractivity contribution is 0.431. The van der Waals surface area contributed by atoms with E-state index in [0.29, 0.717) is 29.4 Å². The molecule has 0 amide bonds. The van der Waals surface area contributed by atoms with E-state index in [1.165, 1.54) is 0 Å². The fourth-order valence-electron chi connectivity index (χ4n) is 3.70. The van der Waals surface area contributed by atoms with Gasteiger partial charge in [0.15, 0.2) is 9.84 Å². The summed E-state index contributed by atoms with van der Waals surface area (Å²) >= 11 is 5.88. The Balaban J connectivity index is 1.92. The van der Waals surface area contributed by atoms with Crippen molar-refractivity contribution in [1.29, 1.82) is 0 Å². The highest BCUT2D eigenvalue weighted by Gasteiger charge is 2.49. The molecule has 2 aromatic rings. The van der Waals surface area contributed by atoms with Crippen LogP contribution in [0.4, 0.5) is 0 Å². The Bertz CT molecular complexity index is 872. The van der Waals surface area contributed by atoms with Crippen molar-refractivity contribution < 1.29 is 13.2 Å². The summed E-state index contributed by atoms with van der Waals surface area (Å²) in [7, 11) is -3.28. The molecule has 0 saturated carbocycles. The van der Waals surface area contributed by atoms with E-state index in [-0.39, 0.29) is 5.25 Å². The molecule has 1 heterocycles. The van der Waals surface area contributed by atoms with Gasteiger partial charge >= 0.3 is 0 Å². The third kappa shape index (κ3) is 3.40. The van der Waals surface area contributed by atoms with Crippen LogP contribution < -0.4 is 4.74 Å². The van der Waals surface area contributed by atoms with E-state index in [2.05, 4.69) is 6.58 Å². The summed E-state index contributed by atoms with van der Waals surface area (Å²) in [5.74, 6) is 1.34. The molecule has 1 fully saturated rings. The number of sulfone groups is 1. The smallest absolute Gasteiger partial charge is 0.163 e. The van der Waals surface area contributed by atoms with Crippen molar-refractivity contribution in [2.45, 2.75) is 42.6 Å². The second-order valence-electron chi connectivity index (χ2n) is 6.82. The summed E-state index contributed by atoms with van der Waals surface area (Å²) in [6.45, 7) is 5.61. The van der Waals surface area contributed by atoms with Gasteiger partial charge in [-0.15, -0.1) is 6.58 Å². The van der Waals surface area contributed by atoms with E-state index < -0.39 is 14.6 Å². The molecule has 1 aliphatic rings. The predicted molar refractivity (Wildman–Crippen MR) is 107 cm³/mol. The van der Waals surface area contributed by atoms with Crippen molar-refractivity contribution in [2.75, 3.05) is 0 Å². The molecule has 1 saturated heterocycles. The molecule has 0 N–H and O–H groups in total. The Morgan fingerprint density at radius 1 is 1.15 bits per heavy atom. The molecule has 0 aliphatic carbocycles. The Morgan fingerprint density at radius 3 is 2.31 bits per heavy atom. The van der Waals surface area contributed by atoms with Crippen molar-refractivity contribution in [3.8, 4) is 11.5 Å². The average molecular weight is 391 g/mol. The number of halogens is 1. The third-order valence-electron chi connectivity index (χ3n) is 5.17. The molecule has 2 unspecified atom stereocenters. The van der Waals surface area contributed by atoms with Crippen LogP contribution in [0.1, 0.15) is 38.2 Å². The van der Waals surface area contributed by atoms with Gasteiger partial charge in [0, 0.05) is 5.02 Å². The van der Waals surface area contributed by atoms with Crippen molar-refractivity contribution >= 4 is 21.4 Å². The highest BCUT2D eigenvalue weighted by molar-refractivity contribution is 7.93. The summed E-state index contributed by atoms with van der Waals surface area (Å²) in [5.41, 5.74) is 0.812. The van der Waals surface area contributed by atoms with Gasteiger partial charge in [0.05, 0.1) is 5.25 Å². The van der Waals surface area contributed by atoms with Gasteiger partial charge in [-0.3, -0.25) is 0 Å². The molecule has 5 heteroatoms. The molecule has 1 aliphatic heterocycles. The summed E-state index contributed by atoms with van der Waals surface area (Å²) in [5, 5.41) is 0.317. The third-order valence-corrected chi connectivity index (χ3v) is 8.41. The van der Waals surface area contributed by atoms with Crippen LogP contribution in [0.2, 0.25) is 5.02 Å². The van der Waals surface area contributed by atoms with E-state index in [1.54, 1.807) is 30.3 Å². The minimum absolute atomic E-state index is 0.332. The van der Waals surface area contributed by atoms with Crippen molar-refractivity contribution in [3.05, 3.63) is 71.8 Å². The van der Waals surface area contributed by atoms with Crippen LogP contribution in [0, 0.1) is 0 Å². The first-order valence-corrected chi connectivity index (χ1v) is 10.7. The van der Waals surface area contributed by atoms with E-state index in [4.69, 9.17) is 16.3 Å². The molecule has 0 spiro atoms. The monoisotopic (exact) mass is 390 g/mol. The quantitative estimate of drug-likeness (QED) is 0.597. The van der Waals surface area contributed by atoms with Gasteiger partial charge in [0.25, 0.3) is 0 Å². The number of hydrogen-bond acceptors (Lipinski definition) is 3. The lowest BCUT2D eigenvalue weighted by Crippen LogP contribution is -2.44. The number of benzene rings is 2. The van der Waals surface area contributed by atoms with Crippen LogP contribution in [-0.4, -0.2) is 13.7 Å². The number of ether oxygens (including phenoxy) is 1.